The molecule has 1 aromatic rings. The van der Waals surface area contributed by atoms with Crippen molar-refractivity contribution in [1.82, 2.24) is 10.6 Å². The third-order valence-corrected chi connectivity index (χ3v) is 3.71. The number of benzene rings is 1. The molecule has 30 heavy (non-hydrogen) atoms. The van der Waals surface area contributed by atoms with Gasteiger partial charge >= 0.3 is 12.1 Å². The molecule has 0 saturated heterocycles. The van der Waals surface area contributed by atoms with Crippen LogP contribution in [-0.4, -0.2) is 41.8 Å². The topological polar surface area (TPSA) is 93.7 Å². The van der Waals surface area contributed by atoms with Crippen LogP contribution in [0.1, 0.15) is 71.2 Å². The standard InChI is InChI=1S/C22H33FN2O5/c1-21(2,3)29-19(27)17(25-20(28)30-22(4,5)6)13-9-10-14-24-18(26)15-11-7-8-12-16(15)23/h7-8,11-12,17H,9-10,13-14H2,1-6H3,(H,24,26)(H,25,28)/t17-/m0/s1. The summed E-state index contributed by atoms with van der Waals surface area (Å²) in [4.78, 5) is 36.5. The maximum Gasteiger partial charge on any atom is 0.408 e. The Labute approximate surface area is 177 Å². The molecule has 0 aliphatic heterocycles. The van der Waals surface area contributed by atoms with Gasteiger partial charge in [-0.1, -0.05) is 12.1 Å². The summed E-state index contributed by atoms with van der Waals surface area (Å²) in [6.07, 6.45) is 0.669. The van der Waals surface area contributed by atoms with Crippen molar-refractivity contribution >= 4 is 18.0 Å². The van der Waals surface area contributed by atoms with Gasteiger partial charge in [0.05, 0.1) is 5.56 Å². The van der Waals surface area contributed by atoms with Gasteiger partial charge in [0.15, 0.2) is 0 Å². The Morgan fingerprint density at radius 3 is 2.13 bits per heavy atom. The van der Waals surface area contributed by atoms with Crippen molar-refractivity contribution < 1.29 is 28.2 Å². The third kappa shape index (κ3) is 10.2. The summed E-state index contributed by atoms with van der Waals surface area (Å²) in [6, 6.07) is 4.87. The maximum atomic E-state index is 13.6. The highest BCUT2D eigenvalue weighted by molar-refractivity contribution is 5.94. The summed E-state index contributed by atoms with van der Waals surface area (Å²) in [5, 5.41) is 5.20. The zero-order valence-electron chi connectivity index (χ0n) is 18.6. The minimum atomic E-state index is -0.874. The second kappa shape index (κ2) is 10.9. The maximum absolute atomic E-state index is 13.6. The van der Waals surface area contributed by atoms with Crippen LogP contribution in [0.15, 0.2) is 24.3 Å². The molecule has 2 amide bonds. The van der Waals surface area contributed by atoms with E-state index in [1.54, 1.807) is 47.6 Å². The third-order valence-electron chi connectivity index (χ3n) is 3.71. The van der Waals surface area contributed by atoms with E-state index in [0.29, 0.717) is 25.8 Å². The first kappa shape index (κ1) is 25.4. The Hall–Kier alpha value is -2.64. The molecule has 0 heterocycles. The van der Waals surface area contributed by atoms with Gasteiger partial charge in [-0.25, -0.2) is 14.0 Å². The van der Waals surface area contributed by atoms with Gasteiger partial charge in [-0.15, -0.1) is 0 Å². The van der Waals surface area contributed by atoms with Crippen LogP contribution in [0.5, 0.6) is 0 Å². The fourth-order valence-corrected chi connectivity index (χ4v) is 2.49. The molecule has 0 fully saturated rings. The Kier molecular flexibility index (Phi) is 9.26. The van der Waals surface area contributed by atoms with Crippen molar-refractivity contribution in [2.45, 2.75) is 78.0 Å². The first-order valence-electron chi connectivity index (χ1n) is 10.0. The van der Waals surface area contributed by atoms with Gasteiger partial charge in [0.1, 0.15) is 23.1 Å². The van der Waals surface area contributed by atoms with E-state index in [0.717, 1.165) is 0 Å². The number of amides is 2. The molecule has 0 unspecified atom stereocenters. The summed E-state index contributed by atoms with van der Waals surface area (Å²) in [5.41, 5.74) is -1.41. The summed E-state index contributed by atoms with van der Waals surface area (Å²) in [6.45, 7) is 10.7. The van der Waals surface area contributed by atoms with Crippen LogP contribution in [0.3, 0.4) is 0 Å². The van der Waals surface area contributed by atoms with E-state index < -0.39 is 41.0 Å². The molecule has 1 aromatic carbocycles. The zero-order valence-corrected chi connectivity index (χ0v) is 18.6. The van der Waals surface area contributed by atoms with Crippen molar-refractivity contribution in [3.63, 3.8) is 0 Å². The van der Waals surface area contributed by atoms with E-state index in [9.17, 15) is 18.8 Å². The van der Waals surface area contributed by atoms with Crippen molar-refractivity contribution in [2.24, 2.45) is 0 Å². The SMILES string of the molecule is CC(C)(C)OC(=O)N[C@@H](CCCCNC(=O)c1ccccc1F)C(=O)OC(C)(C)C. The number of carbonyl (C=O) groups is 3. The molecule has 2 N–H and O–H groups in total. The van der Waals surface area contributed by atoms with E-state index in [-0.39, 0.29) is 5.56 Å². The second-order valence-corrected chi connectivity index (χ2v) is 8.96. The number of alkyl carbamates (subject to hydrolysis) is 1. The number of hydrogen-bond acceptors (Lipinski definition) is 5. The number of carbonyl (C=O) groups excluding carboxylic acids is 3. The zero-order chi connectivity index (χ0) is 22.9. The predicted octanol–water partition coefficient (Wildman–Crippen LogP) is 3.96. The van der Waals surface area contributed by atoms with Crippen molar-refractivity contribution in [2.75, 3.05) is 6.54 Å². The van der Waals surface area contributed by atoms with Gasteiger partial charge in [0.2, 0.25) is 0 Å². The Bertz CT molecular complexity index is 738. The first-order valence-corrected chi connectivity index (χ1v) is 10.0. The largest absolute Gasteiger partial charge is 0.458 e. The minimum absolute atomic E-state index is 0.0178. The fourth-order valence-electron chi connectivity index (χ4n) is 2.49. The van der Waals surface area contributed by atoms with Crippen LogP contribution < -0.4 is 10.6 Å². The smallest absolute Gasteiger partial charge is 0.408 e. The first-order chi connectivity index (χ1) is 13.8. The normalized spacial score (nSPS) is 12.6. The van der Waals surface area contributed by atoms with Gasteiger partial charge < -0.3 is 20.1 Å². The summed E-state index contributed by atoms with van der Waals surface area (Å²) < 4.78 is 24.2. The van der Waals surface area contributed by atoms with E-state index in [1.807, 2.05) is 0 Å². The lowest BCUT2D eigenvalue weighted by molar-refractivity contribution is -0.157. The number of unbranched alkanes of at least 4 members (excludes halogenated alkanes) is 1. The molecular weight excluding hydrogens is 391 g/mol. The van der Waals surface area contributed by atoms with E-state index in [2.05, 4.69) is 10.6 Å². The van der Waals surface area contributed by atoms with Gasteiger partial charge in [0, 0.05) is 6.54 Å². The van der Waals surface area contributed by atoms with E-state index in [4.69, 9.17) is 9.47 Å². The predicted molar refractivity (Wildman–Crippen MR) is 112 cm³/mol. The molecule has 0 spiro atoms. The van der Waals surface area contributed by atoms with Crippen molar-refractivity contribution in [1.29, 1.82) is 0 Å². The van der Waals surface area contributed by atoms with Crippen molar-refractivity contribution in [3.8, 4) is 0 Å². The lowest BCUT2D eigenvalue weighted by Gasteiger charge is -2.26. The van der Waals surface area contributed by atoms with Gasteiger partial charge in [-0.05, 0) is 72.9 Å². The minimum Gasteiger partial charge on any atom is -0.458 e. The average Bonchev–Trinajstić information content (AvgIpc) is 2.57. The van der Waals surface area contributed by atoms with Crippen LogP contribution in [0.2, 0.25) is 0 Å². The van der Waals surface area contributed by atoms with Gasteiger partial charge in [-0.2, -0.15) is 0 Å². The molecule has 0 aliphatic rings. The molecular formula is C22H33FN2O5. The number of esters is 1. The van der Waals surface area contributed by atoms with E-state index in [1.165, 1.54) is 18.2 Å². The molecule has 0 aliphatic carbocycles. The molecule has 0 bridgehead atoms. The molecule has 0 radical (unpaired) electrons. The Morgan fingerprint density at radius 2 is 1.57 bits per heavy atom. The summed E-state index contributed by atoms with van der Waals surface area (Å²) >= 11 is 0. The van der Waals surface area contributed by atoms with E-state index >= 15 is 0 Å². The number of nitrogens with one attached hydrogen (secondary N) is 2. The second-order valence-electron chi connectivity index (χ2n) is 8.96. The highest BCUT2D eigenvalue weighted by Crippen LogP contribution is 2.13. The number of rotatable bonds is 8. The number of hydrogen-bond donors (Lipinski definition) is 2. The molecule has 0 aromatic heterocycles. The lowest BCUT2D eigenvalue weighted by Crippen LogP contribution is -2.46. The van der Waals surface area contributed by atoms with Crippen LogP contribution in [0, 0.1) is 5.82 Å². The van der Waals surface area contributed by atoms with Gasteiger partial charge in [0.25, 0.3) is 5.91 Å². The molecule has 1 rings (SSSR count). The molecule has 7 nitrogen and oxygen atoms in total. The Balaban J connectivity index is 2.56. The number of ether oxygens (including phenoxy) is 2. The quantitative estimate of drug-likeness (QED) is 0.487. The Morgan fingerprint density at radius 1 is 0.967 bits per heavy atom. The van der Waals surface area contributed by atoms with Gasteiger partial charge in [-0.3, -0.25) is 4.79 Å². The summed E-state index contributed by atoms with van der Waals surface area (Å²) in [5.74, 6) is -1.63. The fraction of sp³-hybridized carbons (Fsp3) is 0.591. The molecule has 1 atom stereocenters. The highest BCUT2D eigenvalue weighted by atomic mass is 19.1. The molecule has 8 heteroatoms. The van der Waals surface area contributed by atoms with Crippen molar-refractivity contribution in [3.05, 3.63) is 35.6 Å². The van der Waals surface area contributed by atoms with Crippen LogP contribution in [0.25, 0.3) is 0 Å². The lowest BCUT2D eigenvalue weighted by atomic mass is 10.1. The van der Waals surface area contributed by atoms with Crippen LogP contribution in [-0.2, 0) is 14.3 Å². The highest BCUT2D eigenvalue weighted by Gasteiger charge is 2.28. The monoisotopic (exact) mass is 424 g/mol. The molecule has 168 valence electrons. The summed E-state index contributed by atoms with van der Waals surface area (Å²) in [7, 11) is 0. The average molecular weight is 425 g/mol. The molecule has 0 saturated carbocycles. The number of halogens is 1. The van der Waals surface area contributed by atoms with Crippen LogP contribution in [0.4, 0.5) is 9.18 Å². The van der Waals surface area contributed by atoms with Crippen LogP contribution >= 0.6 is 0 Å².